The van der Waals surface area contributed by atoms with E-state index in [0.717, 1.165) is 0 Å². The maximum absolute atomic E-state index is 11.9. The topological polar surface area (TPSA) is 66.4 Å². The van der Waals surface area contributed by atoms with Gasteiger partial charge in [-0.1, -0.05) is 31.9 Å². The number of halogens is 1. The van der Waals surface area contributed by atoms with Crippen molar-refractivity contribution in [2.24, 2.45) is 5.92 Å². The average molecular weight is 270 g/mol. The number of carboxylic acid groups (broad SMARTS) is 1. The SMILES string of the molecule is CC[C@H](C)[C@H](NC(=O)c1ccc(Cl)cc1)C(=O)O. The summed E-state index contributed by atoms with van der Waals surface area (Å²) in [7, 11) is 0. The van der Waals surface area contributed by atoms with Crippen LogP contribution in [0.1, 0.15) is 30.6 Å². The number of nitrogens with one attached hydrogen (secondary N) is 1. The maximum atomic E-state index is 11.9. The number of carbonyl (C=O) groups is 2. The summed E-state index contributed by atoms with van der Waals surface area (Å²) < 4.78 is 0. The van der Waals surface area contributed by atoms with Crippen LogP contribution in [-0.2, 0) is 4.79 Å². The third kappa shape index (κ3) is 3.74. The van der Waals surface area contributed by atoms with Crippen molar-refractivity contribution >= 4 is 23.5 Å². The van der Waals surface area contributed by atoms with Crippen molar-refractivity contribution < 1.29 is 14.7 Å². The average Bonchev–Trinajstić information content (AvgIpc) is 2.35. The number of carboxylic acids is 1. The molecule has 18 heavy (non-hydrogen) atoms. The maximum Gasteiger partial charge on any atom is 0.326 e. The van der Waals surface area contributed by atoms with Crippen molar-refractivity contribution in [1.29, 1.82) is 0 Å². The van der Waals surface area contributed by atoms with Crippen LogP contribution in [0.3, 0.4) is 0 Å². The molecule has 1 rings (SSSR count). The van der Waals surface area contributed by atoms with E-state index in [1.165, 1.54) is 0 Å². The monoisotopic (exact) mass is 269 g/mol. The third-order valence-corrected chi connectivity index (χ3v) is 3.12. The fraction of sp³-hybridized carbons (Fsp3) is 0.385. The van der Waals surface area contributed by atoms with E-state index >= 15 is 0 Å². The molecule has 0 unspecified atom stereocenters. The van der Waals surface area contributed by atoms with Crippen LogP contribution in [0.5, 0.6) is 0 Å². The van der Waals surface area contributed by atoms with Crippen LogP contribution in [0, 0.1) is 5.92 Å². The first kappa shape index (κ1) is 14.5. The van der Waals surface area contributed by atoms with Crippen molar-refractivity contribution in [3.8, 4) is 0 Å². The van der Waals surface area contributed by atoms with Crippen molar-refractivity contribution in [1.82, 2.24) is 5.32 Å². The first-order valence-electron chi connectivity index (χ1n) is 5.75. The highest BCUT2D eigenvalue weighted by Gasteiger charge is 2.25. The molecule has 1 amide bonds. The lowest BCUT2D eigenvalue weighted by molar-refractivity contribution is -0.140. The Balaban J connectivity index is 2.78. The van der Waals surface area contributed by atoms with Crippen molar-refractivity contribution in [2.45, 2.75) is 26.3 Å². The number of amides is 1. The van der Waals surface area contributed by atoms with Crippen LogP contribution in [0.25, 0.3) is 0 Å². The molecule has 98 valence electrons. The molecule has 0 aliphatic rings. The summed E-state index contributed by atoms with van der Waals surface area (Å²) in [6.07, 6.45) is 0.678. The van der Waals surface area contributed by atoms with Gasteiger partial charge in [-0.25, -0.2) is 4.79 Å². The number of carbonyl (C=O) groups excluding carboxylic acids is 1. The second-order valence-corrected chi connectivity index (χ2v) is 4.62. The first-order chi connectivity index (χ1) is 8.45. The second-order valence-electron chi connectivity index (χ2n) is 4.18. The second kappa shape index (κ2) is 6.40. The van der Waals surface area contributed by atoms with Crippen molar-refractivity contribution in [2.75, 3.05) is 0 Å². The number of benzene rings is 1. The zero-order valence-electron chi connectivity index (χ0n) is 10.3. The highest BCUT2D eigenvalue weighted by atomic mass is 35.5. The normalized spacial score (nSPS) is 13.7. The van der Waals surface area contributed by atoms with Crippen LogP contribution in [0.15, 0.2) is 24.3 Å². The summed E-state index contributed by atoms with van der Waals surface area (Å²) in [4.78, 5) is 23.0. The van der Waals surface area contributed by atoms with Gasteiger partial charge in [-0.05, 0) is 30.2 Å². The van der Waals surface area contributed by atoms with Gasteiger partial charge in [0.2, 0.25) is 0 Å². The van der Waals surface area contributed by atoms with Gasteiger partial charge in [0.15, 0.2) is 0 Å². The minimum absolute atomic E-state index is 0.126. The van der Waals surface area contributed by atoms with Crippen LogP contribution < -0.4 is 5.32 Å². The van der Waals surface area contributed by atoms with Gasteiger partial charge in [0.1, 0.15) is 6.04 Å². The van der Waals surface area contributed by atoms with Gasteiger partial charge in [-0.3, -0.25) is 4.79 Å². The molecular weight excluding hydrogens is 254 g/mol. The van der Waals surface area contributed by atoms with Crippen molar-refractivity contribution in [3.63, 3.8) is 0 Å². The minimum atomic E-state index is -1.02. The third-order valence-electron chi connectivity index (χ3n) is 2.87. The Bertz CT molecular complexity index is 430. The minimum Gasteiger partial charge on any atom is -0.480 e. The molecule has 0 fully saturated rings. The molecule has 0 heterocycles. The summed E-state index contributed by atoms with van der Waals surface area (Å²) in [5.74, 6) is -1.55. The van der Waals surface area contributed by atoms with Crippen molar-refractivity contribution in [3.05, 3.63) is 34.9 Å². The molecule has 0 aliphatic carbocycles. The fourth-order valence-corrected chi connectivity index (χ4v) is 1.63. The summed E-state index contributed by atoms with van der Waals surface area (Å²) in [6.45, 7) is 3.68. The zero-order valence-corrected chi connectivity index (χ0v) is 11.1. The Morgan fingerprint density at radius 1 is 1.33 bits per heavy atom. The molecule has 0 radical (unpaired) electrons. The summed E-state index contributed by atoms with van der Waals surface area (Å²) in [5, 5.41) is 12.1. The molecule has 0 bridgehead atoms. The van der Waals surface area contributed by atoms with Crippen LogP contribution >= 0.6 is 11.6 Å². The smallest absolute Gasteiger partial charge is 0.326 e. The van der Waals surface area contributed by atoms with E-state index in [1.54, 1.807) is 31.2 Å². The predicted molar refractivity (Wildman–Crippen MR) is 69.8 cm³/mol. The number of aliphatic carboxylic acids is 1. The van der Waals surface area contributed by atoms with Crippen LogP contribution in [-0.4, -0.2) is 23.0 Å². The molecule has 0 aromatic heterocycles. The van der Waals surface area contributed by atoms with Gasteiger partial charge in [-0.2, -0.15) is 0 Å². The molecule has 0 spiro atoms. The lowest BCUT2D eigenvalue weighted by Crippen LogP contribution is -2.45. The molecule has 0 saturated heterocycles. The quantitative estimate of drug-likeness (QED) is 0.863. The van der Waals surface area contributed by atoms with Gasteiger partial charge in [0, 0.05) is 10.6 Å². The Morgan fingerprint density at radius 2 is 1.89 bits per heavy atom. The molecule has 0 saturated carbocycles. The Hall–Kier alpha value is -1.55. The van der Waals surface area contributed by atoms with Gasteiger partial charge >= 0.3 is 5.97 Å². The molecule has 1 aromatic rings. The van der Waals surface area contributed by atoms with Gasteiger partial charge in [-0.15, -0.1) is 0 Å². The van der Waals surface area contributed by atoms with Crippen LogP contribution in [0.4, 0.5) is 0 Å². The van der Waals surface area contributed by atoms with E-state index in [2.05, 4.69) is 5.32 Å². The van der Waals surface area contributed by atoms with E-state index in [4.69, 9.17) is 16.7 Å². The summed E-state index contributed by atoms with van der Waals surface area (Å²) >= 11 is 5.72. The highest BCUT2D eigenvalue weighted by Crippen LogP contribution is 2.12. The lowest BCUT2D eigenvalue weighted by Gasteiger charge is -2.20. The number of rotatable bonds is 5. The fourth-order valence-electron chi connectivity index (χ4n) is 1.51. The van der Waals surface area contributed by atoms with E-state index in [1.807, 2.05) is 6.92 Å². The summed E-state index contributed by atoms with van der Waals surface area (Å²) in [5.41, 5.74) is 0.397. The molecule has 2 N–H and O–H groups in total. The van der Waals surface area contributed by atoms with Crippen LogP contribution in [0.2, 0.25) is 5.02 Å². The Kier molecular flexibility index (Phi) is 5.16. The van der Waals surface area contributed by atoms with Gasteiger partial charge in [0.25, 0.3) is 5.91 Å². The van der Waals surface area contributed by atoms with E-state index in [0.29, 0.717) is 17.0 Å². The molecule has 5 heteroatoms. The number of hydrogen-bond donors (Lipinski definition) is 2. The zero-order chi connectivity index (χ0) is 13.7. The predicted octanol–water partition coefficient (Wildman–Crippen LogP) is 2.57. The van der Waals surface area contributed by atoms with E-state index < -0.39 is 17.9 Å². The molecule has 4 nitrogen and oxygen atoms in total. The highest BCUT2D eigenvalue weighted by molar-refractivity contribution is 6.30. The molecular formula is C13H16ClNO3. The van der Waals surface area contributed by atoms with E-state index in [9.17, 15) is 9.59 Å². The molecule has 2 atom stereocenters. The lowest BCUT2D eigenvalue weighted by atomic mass is 9.99. The Morgan fingerprint density at radius 3 is 2.33 bits per heavy atom. The molecule has 1 aromatic carbocycles. The molecule has 0 aliphatic heterocycles. The first-order valence-corrected chi connectivity index (χ1v) is 6.12. The largest absolute Gasteiger partial charge is 0.480 e. The Labute approximate surface area is 111 Å². The number of hydrogen-bond acceptors (Lipinski definition) is 2. The summed E-state index contributed by atoms with van der Waals surface area (Å²) in [6, 6.07) is 5.43. The van der Waals surface area contributed by atoms with Gasteiger partial charge in [0.05, 0.1) is 0 Å². The standard InChI is InChI=1S/C13H16ClNO3/c1-3-8(2)11(13(17)18)15-12(16)9-4-6-10(14)7-5-9/h4-8,11H,3H2,1-2H3,(H,15,16)(H,17,18)/t8-,11-/m0/s1. The van der Waals surface area contributed by atoms with Gasteiger partial charge < -0.3 is 10.4 Å². The van der Waals surface area contributed by atoms with E-state index in [-0.39, 0.29) is 5.92 Å².